The van der Waals surface area contributed by atoms with Crippen LogP contribution in [0.5, 0.6) is 0 Å². The number of ketones is 1. The molecule has 0 atom stereocenters. The van der Waals surface area contributed by atoms with Crippen molar-refractivity contribution < 1.29 is 9.21 Å². The van der Waals surface area contributed by atoms with Crippen LogP contribution in [0.25, 0.3) is 16.8 Å². The van der Waals surface area contributed by atoms with E-state index in [1.165, 1.54) is 17.4 Å². The van der Waals surface area contributed by atoms with Crippen LogP contribution in [-0.4, -0.2) is 10.8 Å². The smallest absolute Gasteiger partial charge is 0.185 e. The van der Waals surface area contributed by atoms with Gasteiger partial charge in [0.2, 0.25) is 0 Å². The van der Waals surface area contributed by atoms with Gasteiger partial charge >= 0.3 is 0 Å². The van der Waals surface area contributed by atoms with Crippen LogP contribution in [0.15, 0.2) is 63.0 Å². The molecule has 0 saturated carbocycles. The molecule has 0 saturated heterocycles. The van der Waals surface area contributed by atoms with Crippen LogP contribution >= 0.6 is 27.3 Å². The SMILES string of the molecule is O=C(C=Cc1csc(-c2ccco2)n1)c1cccc(Br)c1. The molecular formula is C16H10BrNO2S. The molecule has 0 bridgehead atoms. The third-order valence-corrected chi connectivity index (χ3v) is 4.14. The molecule has 0 aliphatic heterocycles. The summed E-state index contributed by atoms with van der Waals surface area (Å²) in [6.45, 7) is 0. The lowest BCUT2D eigenvalue weighted by Crippen LogP contribution is -1.93. The molecular weight excluding hydrogens is 350 g/mol. The van der Waals surface area contributed by atoms with Gasteiger partial charge in [-0.05, 0) is 36.4 Å². The Morgan fingerprint density at radius 1 is 1.29 bits per heavy atom. The molecule has 0 fully saturated rings. The highest BCUT2D eigenvalue weighted by molar-refractivity contribution is 9.10. The summed E-state index contributed by atoms with van der Waals surface area (Å²) in [5.41, 5.74) is 1.39. The van der Waals surface area contributed by atoms with E-state index in [9.17, 15) is 4.79 Å². The summed E-state index contributed by atoms with van der Waals surface area (Å²) in [6, 6.07) is 11.0. The minimum absolute atomic E-state index is 0.0520. The van der Waals surface area contributed by atoms with Crippen molar-refractivity contribution in [1.29, 1.82) is 0 Å². The molecule has 3 rings (SSSR count). The molecule has 0 spiro atoms. The lowest BCUT2D eigenvalue weighted by molar-refractivity contribution is 0.104. The molecule has 0 amide bonds. The molecule has 2 aromatic heterocycles. The van der Waals surface area contributed by atoms with Gasteiger partial charge in [-0.1, -0.05) is 28.1 Å². The summed E-state index contributed by atoms with van der Waals surface area (Å²) in [5.74, 6) is 0.682. The number of rotatable bonds is 4. The van der Waals surface area contributed by atoms with Crippen molar-refractivity contribution >= 4 is 39.1 Å². The highest BCUT2D eigenvalue weighted by Crippen LogP contribution is 2.24. The molecule has 0 aliphatic rings. The fraction of sp³-hybridized carbons (Fsp3) is 0. The van der Waals surface area contributed by atoms with E-state index in [4.69, 9.17) is 4.42 Å². The van der Waals surface area contributed by atoms with Gasteiger partial charge in [-0.3, -0.25) is 4.79 Å². The Balaban J connectivity index is 1.76. The minimum atomic E-state index is -0.0520. The number of allylic oxidation sites excluding steroid dienone is 1. The van der Waals surface area contributed by atoms with Crippen molar-refractivity contribution in [1.82, 2.24) is 4.98 Å². The monoisotopic (exact) mass is 359 g/mol. The third kappa shape index (κ3) is 3.37. The van der Waals surface area contributed by atoms with Gasteiger partial charge in [-0.15, -0.1) is 11.3 Å². The van der Waals surface area contributed by atoms with Crippen molar-refractivity contribution in [3.05, 3.63) is 69.8 Å². The summed E-state index contributed by atoms with van der Waals surface area (Å²) >= 11 is 4.84. The number of nitrogens with zero attached hydrogens (tertiary/aromatic N) is 1. The number of carbonyl (C=O) groups excluding carboxylic acids is 1. The average molecular weight is 360 g/mol. The number of thiazole rings is 1. The Hall–Kier alpha value is -1.98. The summed E-state index contributed by atoms with van der Waals surface area (Å²) in [7, 11) is 0. The average Bonchev–Trinajstić information content (AvgIpc) is 3.15. The van der Waals surface area contributed by atoms with E-state index in [0.717, 1.165) is 20.9 Å². The molecule has 104 valence electrons. The highest BCUT2D eigenvalue weighted by Gasteiger charge is 2.06. The van der Waals surface area contributed by atoms with E-state index >= 15 is 0 Å². The summed E-state index contributed by atoms with van der Waals surface area (Å²) in [5, 5.41) is 2.69. The molecule has 0 aliphatic carbocycles. The Morgan fingerprint density at radius 2 is 2.19 bits per heavy atom. The lowest BCUT2D eigenvalue weighted by Gasteiger charge is -1.95. The van der Waals surface area contributed by atoms with Gasteiger partial charge in [0.05, 0.1) is 12.0 Å². The molecule has 0 radical (unpaired) electrons. The second-order valence-corrected chi connectivity index (χ2v) is 6.04. The van der Waals surface area contributed by atoms with Crippen LogP contribution in [0.3, 0.4) is 0 Å². The summed E-state index contributed by atoms with van der Waals surface area (Å²) < 4.78 is 6.18. The molecule has 0 unspecified atom stereocenters. The predicted molar refractivity (Wildman–Crippen MR) is 87.3 cm³/mol. The quantitative estimate of drug-likeness (QED) is 0.482. The van der Waals surface area contributed by atoms with E-state index in [-0.39, 0.29) is 5.78 Å². The van der Waals surface area contributed by atoms with Crippen LogP contribution < -0.4 is 0 Å². The van der Waals surface area contributed by atoms with Gasteiger partial charge in [0.25, 0.3) is 0 Å². The highest BCUT2D eigenvalue weighted by atomic mass is 79.9. The normalized spacial score (nSPS) is 11.1. The summed E-state index contributed by atoms with van der Waals surface area (Å²) in [4.78, 5) is 16.5. The Labute approximate surface area is 134 Å². The number of hydrogen-bond acceptors (Lipinski definition) is 4. The van der Waals surface area contributed by atoms with Crippen LogP contribution in [0.4, 0.5) is 0 Å². The molecule has 1 aromatic carbocycles. The Morgan fingerprint density at radius 3 is 2.95 bits per heavy atom. The molecule has 0 N–H and O–H groups in total. The molecule has 3 aromatic rings. The number of hydrogen-bond donors (Lipinski definition) is 0. The van der Waals surface area contributed by atoms with Crippen molar-refractivity contribution in [2.75, 3.05) is 0 Å². The Bertz CT molecular complexity index is 790. The van der Waals surface area contributed by atoms with Crippen LogP contribution in [0, 0.1) is 0 Å². The van der Waals surface area contributed by atoms with Gasteiger partial charge in [0, 0.05) is 15.4 Å². The minimum Gasteiger partial charge on any atom is -0.462 e. The first-order chi connectivity index (χ1) is 10.2. The fourth-order valence-electron chi connectivity index (χ4n) is 1.78. The maximum atomic E-state index is 12.1. The molecule has 21 heavy (non-hydrogen) atoms. The van der Waals surface area contributed by atoms with Crippen LogP contribution in [0.2, 0.25) is 0 Å². The van der Waals surface area contributed by atoms with Gasteiger partial charge in [-0.2, -0.15) is 0 Å². The zero-order chi connectivity index (χ0) is 14.7. The van der Waals surface area contributed by atoms with Crippen molar-refractivity contribution in [2.24, 2.45) is 0 Å². The largest absolute Gasteiger partial charge is 0.462 e. The maximum Gasteiger partial charge on any atom is 0.185 e. The van der Waals surface area contributed by atoms with Crippen molar-refractivity contribution in [3.63, 3.8) is 0 Å². The third-order valence-electron chi connectivity index (χ3n) is 2.77. The first-order valence-corrected chi connectivity index (χ1v) is 7.87. The Kier molecular flexibility index (Phi) is 4.13. The number of aromatic nitrogens is 1. The molecule has 2 heterocycles. The standard InChI is InChI=1S/C16H10BrNO2S/c17-12-4-1-3-11(9-12)14(19)7-6-13-10-21-16(18-13)15-5-2-8-20-15/h1-10H. The summed E-state index contributed by atoms with van der Waals surface area (Å²) in [6.07, 6.45) is 4.86. The van der Waals surface area contributed by atoms with Gasteiger partial charge in [0.15, 0.2) is 16.6 Å². The van der Waals surface area contributed by atoms with E-state index in [1.807, 2.05) is 29.6 Å². The number of furan rings is 1. The van der Waals surface area contributed by atoms with E-state index in [2.05, 4.69) is 20.9 Å². The first kappa shape index (κ1) is 14.0. The van der Waals surface area contributed by atoms with Crippen LogP contribution in [-0.2, 0) is 0 Å². The van der Waals surface area contributed by atoms with Gasteiger partial charge < -0.3 is 4.42 Å². The van der Waals surface area contributed by atoms with Crippen molar-refractivity contribution in [2.45, 2.75) is 0 Å². The van der Waals surface area contributed by atoms with Gasteiger partial charge in [0.1, 0.15) is 0 Å². The number of halogens is 1. The second kappa shape index (κ2) is 6.20. The predicted octanol–water partition coefficient (Wildman–Crippen LogP) is 5.06. The first-order valence-electron chi connectivity index (χ1n) is 6.20. The topological polar surface area (TPSA) is 43.1 Å². The number of benzene rings is 1. The van der Waals surface area contributed by atoms with Gasteiger partial charge in [-0.25, -0.2) is 4.98 Å². The maximum absolute atomic E-state index is 12.1. The molecule has 3 nitrogen and oxygen atoms in total. The van der Waals surface area contributed by atoms with E-state index in [0.29, 0.717) is 5.56 Å². The van der Waals surface area contributed by atoms with E-state index < -0.39 is 0 Å². The van der Waals surface area contributed by atoms with Crippen molar-refractivity contribution in [3.8, 4) is 10.8 Å². The molecule has 5 heteroatoms. The van der Waals surface area contributed by atoms with E-state index in [1.54, 1.807) is 24.5 Å². The number of carbonyl (C=O) groups is 1. The fourth-order valence-corrected chi connectivity index (χ4v) is 2.93. The van der Waals surface area contributed by atoms with Crippen LogP contribution in [0.1, 0.15) is 16.1 Å². The lowest BCUT2D eigenvalue weighted by atomic mass is 10.1. The zero-order valence-corrected chi connectivity index (χ0v) is 13.2. The second-order valence-electron chi connectivity index (χ2n) is 4.26. The zero-order valence-electron chi connectivity index (χ0n) is 10.8.